The molecule has 1 saturated carbocycles. The quantitative estimate of drug-likeness (QED) is 0.557. The minimum Gasteiger partial charge on any atom is -0.452 e. The van der Waals surface area contributed by atoms with Crippen LogP contribution in [-0.4, -0.2) is 11.5 Å². The van der Waals surface area contributed by atoms with Crippen molar-refractivity contribution in [2.45, 2.75) is 52.0 Å². The zero-order valence-electron chi connectivity index (χ0n) is 17.5. The summed E-state index contributed by atoms with van der Waals surface area (Å²) in [5, 5.41) is 0. The Balaban J connectivity index is 1.40. The SMILES string of the molecule is Cc1ccc2c(c1/C=C\CC1CCCCC1)O/C(=C\C1=NCc3ccccc31)C2=O. The molecule has 3 aliphatic rings. The normalized spacial score (nSPS) is 19.8. The molecule has 0 radical (unpaired) electrons. The van der Waals surface area contributed by atoms with Crippen molar-refractivity contribution >= 4 is 17.6 Å². The maximum atomic E-state index is 13.0. The van der Waals surface area contributed by atoms with Crippen LogP contribution in [0.1, 0.15) is 71.1 Å². The van der Waals surface area contributed by atoms with Crippen molar-refractivity contribution in [3.05, 3.63) is 82.1 Å². The van der Waals surface area contributed by atoms with Crippen LogP contribution in [0.5, 0.6) is 5.75 Å². The van der Waals surface area contributed by atoms with Gasteiger partial charge in [0.2, 0.25) is 5.78 Å². The summed E-state index contributed by atoms with van der Waals surface area (Å²) in [6.07, 6.45) is 14.1. The van der Waals surface area contributed by atoms with Crippen molar-refractivity contribution in [3.8, 4) is 5.75 Å². The Morgan fingerprint density at radius 3 is 2.77 bits per heavy atom. The van der Waals surface area contributed by atoms with Gasteiger partial charge in [-0.2, -0.15) is 0 Å². The fraction of sp³-hybridized carbons (Fsp3) is 0.333. The minimum atomic E-state index is -0.0565. The summed E-state index contributed by atoms with van der Waals surface area (Å²) in [6.45, 7) is 2.73. The van der Waals surface area contributed by atoms with Gasteiger partial charge in [-0.15, -0.1) is 0 Å². The zero-order chi connectivity index (χ0) is 20.5. The Morgan fingerprint density at radius 1 is 1.07 bits per heavy atom. The maximum absolute atomic E-state index is 13.0. The monoisotopic (exact) mass is 397 g/mol. The summed E-state index contributed by atoms with van der Waals surface area (Å²) in [7, 11) is 0. The standard InChI is InChI=1S/C27H27NO2/c1-18-14-15-23-26(29)25(16-24-22-12-6-5-11-20(22)17-28-24)30-27(23)21(18)13-7-10-19-8-3-2-4-9-19/h5-7,11-16,19H,2-4,8-10,17H2,1H3/b13-7-,25-16-. The molecule has 152 valence electrons. The van der Waals surface area contributed by atoms with Crippen molar-refractivity contribution in [2.75, 3.05) is 0 Å². The number of nitrogens with zero attached hydrogens (tertiary/aromatic N) is 1. The molecule has 0 atom stereocenters. The van der Waals surface area contributed by atoms with E-state index in [2.05, 4.69) is 30.1 Å². The molecule has 0 unspecified atom stereocenters. The maximum Gasteiger partial charge on any atom is 0.232 e. The lowest BCUT2D eigenvalue weighted by Crippen LogP contribution is -2.04. The summed E-state index contributed by atoms with van der Waals surface area (Å²) < 4.78 is 6.13. The van der Waals surface area contributed by atoms with E-state index in [4.69, 9.17) is 4.74 Å². The van der Waals surface area contributed by atoms with Gasteiger partial charge in [-0.05, 0) is 36.5 Å². The Hall–Kier alpha value is -2.94. The molecule has 0 saturated heterocycles. The van der Waals surface area contributed by atoms with Gasteiger partial charge in [-0.1, -0.05) is 74.6 Å². The summed E-state index contributed by atoms with van der Waals surface area (Å²) in [6, 6.07) is 12.1. The molecule has 0 bridgehead atoms. The van der Waals surface area contributed by atoms with E-state index in [9.17, 15) is 4.79 Å². The van der Waals surface area contributed by atoms with Gasteiger partial charge in [0.1, 0.15) is 5.75 Å². The van der Waals surface area contributed by atoms with Crippen LogP contribution >= 0.6 is 0 Å². The molecule has 2 heterocycles. The highest BCUT2D eigenvalue weighted by molar-refractivity contribution is 6.19. The highest BCUT2D eigenvalue weighted by Crippen LogP contribution is 2.38. The summed E-state index contributed by atoms with van der Waals surface area (Å²) in [4.78, 5) is 17.6. The van der Waals surface area contributed by atoms with Crippen LogP contribution in [0.2, 0.25) is 0 Å². The number of rotatable bonds is 4. The lowest BCUT2D eigenvalue weighted by Gasteiger charge is -2.19. The average Bonchev–Trinajstić information content (AvgIpc) is 3.32. The van der Waals surface area contributed by atoms with Crippen molar-refractivity contribution in [1.82, 2.24) is 0 Å². The molecule has 2 aromatic carbocycles. The Morgan fingerprint density at radius 2 is 1.90 bits per heavy atom. The number of aliphatic imine (C=N–C) groups is 1. The Bertz CT molecular complexity index is 1080. The molecule has 5 rings (SSSR count). The zero-order valence-corrected chi connectivity index (χ0v) is 17.5. The number of fused-ring (bicyclic) bond motifs is 2. The van der Waals surface area contributed by atoms with Crippen LogP contribution in [0, 0.1) is 12.8 Å². The van der Waals surface area contributed by atoms with Crippen molar-refractivity contribution in [3.63, 3.8) is 0 Å². The average molecular weight is 398 g/mol. The van der Waals surface area contributed by atoms with E-state index >= 15 is 0 Å². The first-order valence-electron chi connectivity index (χ1n) is 11.1. The van der Waals surface area contributed by atoms with Gasteiger partial charge in [0.15, 0.2) is 5.76 Å². The molecule has 0 N–H and O–H groups in total. The van der Waals surface area contributed by atoms with Crippen LogP contribution in [0.4, 0.5) is 0 Å². The molecular formula is C27H27NO2. The van der Waals surface area contributed by atoms with Gasteiger partial charge >= 0.3 is 0 Å². The van der Waals surface area contributed by atoms with Crippen molar-refractivity contribution in [1.29, 1.82) is 0 Å². The predicted molar refractivity (Wildman–Crippen MR) is 121 cm³/mol. The number of hydrogen-bond acceptors (Lipinski definition) is 3. The Kier molecular flexibility index (Phi) is 5.12. The number of hydrogen-bond donors (Lipinski definition) is 0. The molecule has 30 heavy (non-hydrogen) atoms. The molecule has 1 aliphatic carbocycles. The third-order valence-electron chi connectivity index (χ3n) is 6.55. The highest BCUT2D eigenvalue weighted by Gasteiger charge is 2.30. The van der Waals surface area contributed by atoms with Gasteiger partial charge in [0.05, 0.1) is 17.8 Å². The van der Waals surface area contributed by atoms with Crippen LogP contribution in [0.25, 0.3) is 6.08 Å². The first kappa shape index (κ1) is 19.0. The lowest BCUT2D eigenvalue weighted by atomic mass is 9.87. The van der Waals surface area contributed by atoms with Crippen LogP contribution in [-0.2, 0) is 6.54 Å². The third-order valence-corrected chi connectivity index (χ3v) is 6.55. The van der Waals surface area contributed by atoms with E-state index in [1.54, 1.807) is 6.08 Å². The minimum absolute atomic E-state index is 0.0565. The highest BCUT2D eigenvalue weighted by atomic mass is 16.5. The molecule has 0 aromatic heterocycles. The number of ketones is 1. The number of ether oxygens (including phenoxy) is 1. The summed E-state index contributed by atoms with van der Waals surface area (Å²) in [5.74, 6) is 1.80. The smallest absolute Gasteiger partial charge is 0.232 e. The lowest BCUT2D eigenvalue weighted by molar-refractivity contribution is 0.101. The van der Waals surface area contributed by atoms with Gasteiger partial charge in [-0.3, -0.25) is 9.79 Å². The molecule has 1 fully saturated rings. The number of carbonyl (C=O) groups is 1. The predicted octanol–water partition coefficient (Wildman–Crippen LogP) is 6.44. The van der Waals surface area contributed by atoms with Crippen LogP contribution in [0.15, 0.2) is 59.3 Å². The second-order valence-electron chi connectivity index (χ2n) is 8.61. The molecule has 2 aliphatic heterocycles. The molecule has 3 heteroatoms. The topological polar surface area (TPSA) is 38.7 Å². The van der Waals surface area contributed by atoms with Gasteiger partial charge in [0.25, 0.3) is 0 Å². The van der Waals surface area contributed by atoms with E-state index in [0.29, 0.717) is 23.6 Å². The molecule has 3 nitrogen and oxygen atoms in total. The number of aryl methyl sites for hydroxylation is 1. The second-order valence-corrected chi connectivity index (χ2v) is 8.61. The number of Topliss-reactive ketones (excluding diaryl/α,β-unsaturated/α-hetero) is 1. The molecule has 0 amide bonds. The van der Waals surface area contributed by atoms with E-state index < -0.39 is 0 Å². The fourth-order valence-electron chi connectivity index (χ4n) is 4.79. The fourth-order valence-corrected chi connectivity index (χ4v) is 4.79. The van der Waals surface area contributed by atoms with Crippen molar-refractivity contribution < 1.29 is 9.53 Å². The van der Waals surface area contributed by atoms with Gasteiger partial charge in [0, 0.05) is 17.2 Å². The van der Waals surface area contributed by atoms with E-state index in [1.807, 2.05) is 30.3 Å². The largest absolute Gasteiger partial charge is 0.452 e. The van der Waals surface area contributed by atoms with Gasteiger partial charge in [-0.25, -0.2) is 0 Å². The number of benzene rings is 2. The second kappa shape index (κ2) is 8.06. The number of carbonyl (C=O) groups excluding carboxylic acids is 1. The van der Waals surface area contributed by atoms with Gasteiger partial charge < -0.3 is 4.74 Å². The Labute approximate surface area is 178 Å². The number of allylic oxidation sites excluding steroid dienone is 3. The van der Waals surface area contributed by atoms with Crippen molar-refractivity contribution in [2.24, 2.45) is 10.9 Å². The first-order chi connectivity index (χ1) is 14.7. The molecule has 2 aromatic rings. The van der Waals surface area contributed by atoms with Crippen LogP contribution < -0.4 is 4.74 Å². The first-order valence-corrected chi connectivity index (χ1v) is 11.1. The van der Waals surface area contributed by atoms with E-state index in [0.717, 1.165) is 34.7 Å². The molecular weight excluding hydrogens is 370 g/mol. The molecule has 0 spiro atoms. The summed E-state index contributed by atoms with van der Waals surface area (Å²) in [5.41, 5.74) is 5.90. The third kappa shape index (κ3) is 3.54. The van der Waals surface area contributed by atoms with E-state index in [1.165, 1.54) is 37.7 Å². The van der Waals surface area contributed by atoms with Crippen LogP contribution in [0.3, 0.4) is 0 Å². The summed E-state index contributed by atoms with van der Waals surface area (Å²) >= 11 is 0. The van der Waals surface area contributed by atoms with E-state index in [-0.39, 0.29) is 5.78 Å².